The highest BCUT2D eigenvalue weighted by atomic mass is 16.2. The van der Waals surface area contributed by atoms with Gasteiger partial charge < -0.3 is 19.6 Å². The van der Waals surface area contributed by atoms with Crippen LogP contribution in [-0.4, -0.2) is 37.3 Å². The Balaban J connectivity index is 1.53. The van der Waals surface area contributed by atoms with Gasteiger partial charge >= 0.3 is 11.8 Å². The summed E-state index contributed by atoms with van der Waals surface area (Å²) < 4.78 is 3.68. The predicted molar refractivity (Wildman–Crippen MR) is 88.5 cm³/mol. The Kier molecular flexibility index (Phi) is 4.28. The van der Waals surface area contributed by atoms with E-state index in [1.807, 2.05) is 35.3 Å². The van der Waals surface area contributed by atoms with Gasteiger partial charge in [0.15, 0.2) is 0 Å². The molecule has 124 valence electrons. The molecule has 0 aliphatic carbocycles. The molecule has 0 saturated heterocycles. The number of anilines is 1. The van der Waals surface area contributed by atoms with Crippen LogP contribution in [0.25, 0.3) is 5.65 Å². The summed E-state index contributed by atoms with van der Waals surface area (Å²) in [5.41, 5.74) is 2.97. The standard InChI is InChI=1S/C16H18N6O2/c1-11-8-22-6-4-12(7-14(22)19-11)20-16(24)15(23)17-5-3-13-9-21(2)10-18-13/h4,6-10H,3,5H2,1-2H3,(H,17,23)(H,20,24). The number of pyridine rings is 1. The van der Waals surface area contributed by atoms with Gasteiger partial charge in [-0.05, 0) is 13.0 Å². The predicted octanol–water partition coefficient (Wildman–Crippen LogP) is 0.674. The van der Waals surface area contributed by atoms with Gasteiger partial charge in [-0.1, -0.05) is 0 Å². The van der Waals surface area contributed by atoms with Gasteiger partial charge in [0, 0.05) is 50.4 Å². The first-order valence-electron chi connectivity index (χ1n) is 7.52. The van der Waals surface area contributed by atoms with E-state index in [9.17, 15) is 9.59 Å². The van der Waals surface area contributed by atoms with Crippen LogP contribution in [0, 0.1) is 6.92 Å². The fourth-order valence-electron chi connectivity index (χ4n) is 2.35. The van der Waals surface area contributed by atoms with E-state index in [0.29, 0.717) is 24.3 Å². The number of amides is 2. The van der Waals surface area contributed by atoms with Gasteiger partial charge in [0.05, 0.1) is 17.7 Å². The molecular weight excluding hydrogens is 308 g/mol. The van der Waals surface area contributed by atoms with Gasteiger partial charge in [-0.2, -0.15) is 0 Å². The SMILES string of the molecule is Cc1cn2ccc(NC(=O)C(=O)NCCc3cn(C)cn3)cc2n1. The number of hydrogen-bond acceptors (Lipinski definition) is 4. The van der Waals surface area contributed by atoms with Crippen molar-refractivity contribution in [3.63, 3.8) is 0 Å². The number of carbonyl (C=O) groups excluding carboxylic acids is 2. The van der Waals surface area contributed by atoms with Gasteiger partial charge in [-0.25, -0.2) is 9.97 Å². The largest absolute Gasteiger partial charge is 0.347 e. The lowest BCUT2D eigenvalue weighted by molar-refractivity contribution is -0.136. The molecule has 2 amide bonds. The van der Waals surface area contributed by atoms with E-state index in [2.05, 4.69) is 20.6 Å². The molecule has 3 aromatic rings. The smallest absolute Gasteiger partial charge is 0.313 e. The van der Waals surface area contributed by atoms with Crippen LogP contribution in [0.3, 0.4) is 0 Å². The summed E-state index contributed by atoms with van der Waals surface area (Å²) >= 11 is 0. The maximum atomic E-state index is 11.9. The third kappa shape index (κ3) is 3.60. The van der Waals surface area contributed by atoms with Gasteiger partial charge in [0.2, 0.25) is 0 Å². The molecule has 0 spiro atoms. The third-order valence-electron chi connectivity index (χ3n) is 3.47. The van der Waals surface area contributed by atoms with E-state index in [1.54, 1.807) is 24.7 Å². The molecule has 8 heteroatoms. The lowest BCUT2D eigenvalue weighted by Crippen LogP contribution is -2.36. The topological polar surface area (TPSA) is 93.3 Å². The second-order valence-corrected chi connectivity index (χ2v) is 5.55. The van der Waals surface area contributed by atoms with Crippen molar-refractivity contribution >= 4 is 23.1 Å². The van der Waals surface area contributed by atoms with Gasteiger partial charge in [0.25, 0.3) is 0 Å². The minimum absolute atomic E-state index is 0.349. The molecule has 0 saturated carbocycles. The average Bonchev–Trinajstić information content (AvgIpc) is 3.11. The lowest BCUT2D eigenvalue weighted by atomic mass is 10.3. The number of imidazole rings is 2. The molecule has 0 aliphatic rings. The number of hydrogen-bond donors (Lipinski definition) is 2. The summed E-state index contributed by atoms with van der Waals surface area (Å²) in [5, 5.41) is 5.15. The number of rotatable bonds is 4. The number of nitrogens with one attached hydrogen (secondary N) is 2. The van der Waals surface area contributed by atoms with Crippen molar-refractivity contribution in [2.24, 2.45) is 7.05 Å². The molecule has 8 nitrogen and oxygen atoms in total. The van der Waals surface area contributed by atoms with Crippen LogP contribution in [0.5, 0.6) is 0 Å². The summed E-state index contributed by atoms with van der Waals surface area (Å²) in [5.74, 6) is -1.38. The molecule has 24 heavy (non-hydrogen) atoms. The van der Waals surface area contributed by atoms with E-state index in [1.165, 1.54) is 0 Å². The Labute approximate surface area is 138 Å². The van der Waals surface area contributed by atoms with E-state index in [4.69, 9.17) is 0 Å². The quantitative estimate of drug-likeness (QED) is 0.689. The van der Waals surface area contributed by atoms with E-state index >= 15 is 0 Å². The molecular formula is C16H18N6O2. The van der Waals surface area contributed by atoms with Crippen molar-refractivity contribution < 1.29 is 9.59 Å². The molecule has 2 N–H and O–H groups in total. The monoisotopic (exact) mass is 326 g/mol. The molecule has 3 rings (SSSR count). The number of fused-ring (bicyclic) bond motifs is 1. The fraction of sp³-hybridized carbons (Fsp3) is 0.250. The maximum Gasteiger partial charge on any atom is 0.313 e. The summed E-state index contributed by atoms with van der Waals surface area (Å²) in [6.07, 6.45) is 7.79. The number of aryl methyl sites for hydroxylation is 2. The van der Waals surface area contributed by atoms with Gasteiger partial charge in [-0.15, -0.1) is 0 Å². The van der Waals surface area contributed by atoms with Crippen molar-refractivity contribution in [1.29, 1.82) is 0 Å². The van der Waals surface area contributed by atoms with Crippen LogP contribution in [0.1, 0.15) is 11.4 Å². The summed E-state index contributed by atoms with van der Waals surface area (Å²) in [4.78, 5) is 32.2. The molecule has 0 aliphatic heterocycles. The van der Waals surface area contributed by atoms with Crippen molar-refractivity contribution in [2.75, 3.05) is 11.9 Å². The molecule has 0 fully saturated rings. The third-order valence-corrected chi connectivity index (χ3v) is 3.47. The summed E-state index contributed by atoms with van der Waals surface area (Å²) in [6.45, 7) is 2.24. The second kappa shape index (κ2) is 6.53. The van der Waals surface area contributed by atoms with Crippen LogP contribution < -0.4 is 10.6 Å². The van der Waals surface area contributed by atoms with Crippen LogP contribution in [0.4, 0.5) is 5.69 Å². The molecule has 0 aromatic carbocycles. The Morgan fingerprint density at radius 1 is 1.25 bits per heavy atom. The Hall–Kier alpha value is -3.16. The number of aromatic nitrogens is 4. The zero-order chi connectivity index (χ0) is 17.1. The van der Waals surface area contributed by atoms with Gasteiger partial charge in [0.1, 0.15) is 5.65 Å². The first-order chi connectivity index (χ1) is 11.5. The molecule has 0 radical (unpaired) electrons. The molecule has 0 atom stereocenters. The van der Waals surface area contributed by atoms with Crippen LogP contribution >= 0.6 is 0 Å². The summed E-state index contributed by atoms with van der Waals surface area (Å²) in [7, 11) is 1.88. The molecule has 0 unspecified atom stereocenters. The van der Waals surface area contributed by atoms with Crippen LogP contribution in [0.15, 0.2) is 37.1 Å². The first kappa shape index (κ1) is 15.7. The van der Waals surface area contributed by atoms with Crippen LogP contribution in [-0.2, 0) is 23.1 Å². The van der Waals surface area contributed by atoms with E-state index in [-0.39, 0.29) is 0 Å². The van der Waals surface area contributed by atoms with Crippen molar-refractivity contribution in [1.82, 2.24) is 24.3 Å². The van der Waals surface area contributed by atoms with E-state index < -0.39 is 11.8 Å². The molecule has 0 bridgehead atoms. The first-order valence-corrected chi connectivity index (χ1v) is 7.52. The van der Waals surface area contributed by atoms with Crippen LogP contribution in [0.2, 0.25) is 0 Å². The Bertz CT molecular complexity index is 895. The van der Waals surface area contributed by atoms with E-state index in [0.717, 1.165) is 11.4 Å². The fourth-order valence-corrected chi connectivity index (χ4v) is 2.35. The number of carbonyl (C=O) groups is 2. The molecule has 3 heterocycles. The molecule has 3 aromatic heterocycles. The Morgan fingerprint density at radius 3 is 2.83 bits per heavy atom. The lowest BCUT2D eigenvalue weighted by Gasteiger charge is -2.06. The highest BCUT2D eigenvalue weighted by molar-refractivity contribution is 6.39. The number of nitrogens with zero attached hydrogens (tertiary/aromatic N) is 4. The zero-order valence-electron chi connectivity index (χ0n) is 13.5. The summed E-state index contributed by atoms with van der Waals surface area (Å²) in [6, 6.07) is 3.43. The minimum atomic E-state index is -0.705. The van der Waals surface area contributed by atoms with Crippen molar-refractivity contribution in [3.8, 4) is 0 Å². The van der Waals surface area contributed by atoms with Crippen molar-refractivity contribution in [2.45, 2.75) is 13.3 Å². The highest BCUT2D eigenvalue weighted by Gasteiger charge is 2.13. The normalized spacial score (nSPS) is 10.8. The average molecular weight is 326 g/mol. The maximum absolute atomic E-state index is 11.9. The zero-order valence-corrected chi connectivity index (χ0v) is 13.5. The minimum Gasteiger partial charge on any atom is -0.347 e. The van der Waals surface area contributed by atoms with Gasteiger partial charge in [-0.3, -0.25) is 9.59 Å². The highest BCUT2D eigenvalue weighted by Crippen LogP contribution is 2.12. The second-order valence-electron chi connectivity index (χ2n) is 5.55. The Morgan fingerprint density at radius 2 is 2.08 bits per heavy atom. The van der Waals surface area contributed by atoms with Crippen molar-refractivity contribution in [3.05, 3.63) is 48.4 Å².